The van der Waals surface area contributed by atoms with E-state index in [1.807, 2.05) is 72.8 Å². The second kappa shape index (κ2) is 8.59. The van der Waals surface area contributed by atoms with E-state index in [0.29, 0.717) is 17.9 Å². The largest absolute Gasteiger partial charge is 0.480 e. The van der Waals surface area contributed by atoms with Gasteiger partial charge in [-0.1, -0.05) is 72.8 Å². The molecule has 0 amide bonds. The monoisotopic (exact) mass is 364 g/mol. The molecule has 0 radical (unpaired) electrons. The predicted molar refractivity (Wildman–Crippen MR) is 106 cm³/mol. The zero-order valence-corrected chi connectivity index (χ0v) is 15.1. The van der Waals surface area contributed by atoms with Gasteiger partial charge in [-0.25, -0.2) is 4.79 Å². The second-order valence-corrected chi connectivity index (χ2v) is 6.34. The molecule has 0 saturated carbocycles. The minimum Gasteiger partial charge on any atom is -0.480 e. The van der Waals surface area contributed by atoms with E-state index in [4.69, 9.17) is 4.74 Å². The molecule has 4 heteroatoms. The van der Waals surface area contributed by atoms with Crippen molar-refractivity contribution in [2.45, 2.75) is 12.5 Å². The topological polar surface area (TPSA) is 46.5 Å². The zero-order valence-electron chi connectivity index (χ0n) is 14.2. The Balaban J connectivity index is 2.05. The van der Waals surface area contributed by atoms with Gasteiger partial charge in [0.05, 0.1) is 0 Å². The lowest BCUT2D eigenvalue weighted by molar-refractivity contribution is 0.0689. The van der Waals surface area contributed by atoms with Crippen LogP contribution in [0.15, 0.2) is 78.9 Å². The van der Waals surface area contributed by atoms with E-state index in [0.717, 1.165) is 16.7 Å². The van der Waals surface area contributed by atoms with Crippen LogP contribution in [0.4, 0.5) is 0 Å². The fraction of sp³-hybridized carbons (Fsp3) is 0.136. The highest BCUT2D eigenvalue weighted by molar-refractivity contribution is 7.80. The molecule has 0 aliphatic heterocycles. The van der Waals surface area contributed by atoms with E-state index in [9.17, 15) is 9.90 Å². The van der Waals surface area contributed by atoms with Crippen LogP contribution >= 0.6 is 12.6 Å². The average molecular weight is 364 g/mol. The van der Waals surface area contributed by atoms with Crippen molar-refractivity contribution in [2.75, 3.05) is 5.75 Å². The molecule has 0 aliphatic rings. The number of carbonyl (C=O) groups is 1. The normalized spacial score (nSPS) is 10.7. The van der Waals surface area contributed by atoms with Crippen LogP contribution in [-0.4, -0.2) is 16.8 Å². The molecule has 3 aromatic carbocycles. The first-order chi connectivity index (χ1) is 12.7. The van der Waals surface area contributed by atoms with Gasteiger partial charge in [-0.15, -0.1) is 0 Å². The van der Waals surface area contributed by atoms with Gasteiger partial charge in [0, 0.05) is 0 Å². The van der Waals surface area contributed by atoms with Gasteiger partial charge in [-0.3, -0.25) is 0 Å². The molecule has 0 atom stereocenters. The van der Waals surface area contributed by atoms with Crippen molar-refractivity contribution in [3.63, 3.8) is 0 Å². The molecule has 3 aromatic rings. The van der Waals surface area contributed by atoms with Crippen LogP contribution in [0, 0.1) is 0 Å². The van der Waals surface area contributed by atoms with Crippen molar-refractivity contribution in [1.29, 1.82) is 0 Å². The summed E-state index contributed by atoms with van der Waals surface area (Å²) in [7, 11) is 0. The molecule has 26 heavy (non-hydrogen) atoms. The lowest BCUT2D eigenvalue weighted by Crippen LogP contribution is -2.13. The number of thiol groups is 1. The summed E-state index contributed by atoms with van der Waals surface area (Å²) in [5.41, 5.74) is 2.87. The summed E-state index contributed by atoms with van der Waals surface area (Å²) in [6.45, 7) is 0. The third-order valence-electron chi connectivity index (χ3n) is 4.16. The highest BCUT2D eigenvalue weighted by atomic mass is 32.1. The second-order valence-electron chi connectivity index (χ2n) is 5.89. The molecule has 0 unspecified atom stereocenters. The van der Waals surface area contributed by atoms with E-state index in [1.165, 1.54) is 0 Å². The van der Waals surface area contributed by atoms with Crippen molar-refractivity contribution >= 4 is 18.6 Å². The average Bonchev–Trinajstić information content (AvgIpc) is 2.67. The molecule has 0 fully saturated rings. The number of ether oxygens (including phenoxy) is 1. The molecule has 1 N–H and O–H groups in total. The number of benzene rings is 3. The Morgan fingerprint density at radius 2 is 1.46 bits per heavy atom. The fourth-order valence-corrected chi connectivity index (χ4v) is 3.20. The third-order valence-corrected chi connectivity index (χ3v) is 4.38. The Morgan fingerprint density at radius 3 is 1.96 bits per heavy atom. The number of hydrogen-bond donors (Lipinski definition) is 2. The molecule has 0 spiro atoms. The van der Waals surface area contributed by atoms with E-state index in [2.05, 4.69) is 12.6 Å². The van der Waals surface area contributed by atoms with Crippen molar-refractivity contribution < 1.29 is 14.6 Å². The fourth-order valence-electron chi connectivity index (χ4n) is 2.96. The maximum atomic E-state index is 11.9. The number of aryl methyl sites for hydroxylation is 1. The van der Waals surface area contributed by atoms with Crippen LogP contribution in [0.25, 0.3) is 0 Å². The molecule has 0 saturated heterocycles. The molecular weight excluding hydrogens is 344 g/mol. The van der Waals surface area contributed by atoms with Gasteiger partial charge in [0.25, 0.3) is 0 Å². The maximum Gasteiger partial charge on any atom is 0.339 e. The molecule has 3 rings (SSSR count). The SMILES string of the molecule is O=C(O)c1c(CCS)cccc1OC(c1ccccc1)c1ccccc1. The number of carboxylic acid groups (broad SMARTS) is 1. The van der Waals surface area contributed by atoms with Gasteiger partial charge in [-0.2, -0.15) is 12.6 Å². The molecule has 0 heterocycles. The predicted octanol–water partition coefficient (Wildman–Crippen LogP) is 5.03. The van der Waals surface area contributed by atoms with Gasteiger partial charge in [0.1, 0.15) is 17.4 Å². The Morgan fingerprint density at radius 1 is 0.885 bits per heavy atom. The smallest absolute Gasteiger partial charge is 0.339 e. The quantitative estimate of drug-likeness (QED) is 0.578. The van der Waals surface area contributed by atoms with Crippen LogP contribution in [-0.2, 0) is 6.42 Å². The van der Waals surface area contributed by atoms with Crippen LogP contribution in [0.2, 0.25) is 0 Å². The van der Waals surface area contributed by atoms with Gasteiger partial charge < -0.3 is 9.84 Å². The first-order valence-corrected chi connectivity index (χ1v) is 9.06. The van der Waals surface area contributed by atoms with Crippen LogP contribution in [0.1, 0.15) is 33.2 Å². The molecular formula is C22H20O3S. The van der Waals surface area contributed by atoms with E-state index < -0.39 is 5.97 Å². The number of hydrogen-bond acceptors (Lipinski definition) is 3. The number of rotatable bonds is 7. The maximum absolute atomic E-state index is 11.9. The van der Waals surface area contributed by atoms with Crippen LogP contribution in [0.5, 0.6) is 5.75 Å². The van der Waals surface area contributed by atoms with E-state index in [-0.39, 0.29) is 11.7 Å². The summed E-state index contributed by atoms with van der Waals surface area (Å²) >= 11 is 4.23. The third kappa shape index (κ3) is 4.09. The zero-order chi connectivity index (χ0) is 18.4. The highest BCUT2D eigenvalue weighted by Crippen LogP contribution is 2.32. The van der Waals surface area contributed by atoms with Gasteiger partial charge in [0.15, 0.2) is 0 Å². The van der Waals surface area contributed by atoms with Crippen LogP contribution < -0.4 is 4.74 Å². The molecule has 0 bridgehead atoms. The van der Waals surface area contributed by atoms with Gasteiger partial charge in [-0.05, 0) is 34.9 Å². The van der Waals surface area contributed by atoms with Crippen LogP contribution in [0.3, 0.4) is 0 Å². The molecule has 3 nitrogen and oxygen atoms in total. The van der Waals surface area contributed by atoms with Crippen molar-refractivity contribution in [1.82, 2.24) is 0 Å². The highest BCUT2D eigenvalue weighted by Gasteiger charge is 2.21. The molecule has 0 aliphatic carbocycles. The van der Waals surface area contributed by atoms with Crippen molar-refractivity contribution in [3.8, 4) is 5.75 Å². The Labute approximate surface area is 158 Å². The van der Waals surface area contributed by atoms with Crippen molar-refractivity contribution in [3.05, 3.63) is 101 Å². The first kappa shape index (κ1) is 18.1. The summed E-state index contributed by atoms with van der Waals surface area (Å²) in [4.78, 5) is 11.9. The summed E-state index contributed by atoms with van der Waals surface area (Å²) in [6, 6.07) is 25.0. The lowest BCUT2D eigenvalue weighted by atomic mass is 10.0. The lowest BCUT2D eigenvalue weighted by Gasteiger charge is -2.22. The molecule has 0 aromatic heterocycles. The van der Waals surface area contributed by atoms with Crippen molar-refractivity contribution in [2.24, 2.45) is 0 Å². The Hall–Kier alpha value is -2.72. The summed E-state index contributed by atoms with van der Waals surface area (Å²) in [5, 5.41) is 9.72. The van der Waals surface area contributed by atoms with E-state index in [1.54, 1.807) is 6.07 Å². The van der Waals surface area contributed by atoms with E-state index >= 15 is 0 Å². The Bertz CT molecular complexity index is 824. The number of carboxylic acids is 1. The Kier molecular flexibility index (Phi) is 5.97. The standard InChI is InChI=1S/C22H20O3S/c23-22(24)20-16(14-15-26)12-7-13-19(20)25-21(17-8-3-1-4-9-17)18-10-5-2-6-11-18/h1-13,21,26H,14-15H2,(H,23,24). The minimum absolute atomic E-state index is 0.207. The molecule has 132 valence electrons. The first-order valence-electron chi connectivity index (χ1n) is 8.43. The van der Waals surface area contributed by atoms with Gasteiger partial charge in [0.2, 0.25) is 0 Å². The van der Waals surface area contributed by atoms with Gasteiger partial charge >= 0.3 is 5.97 Å². The minimum atomic E-state index is -0.989. The summed E-state index contributed by atoms with van der Waals surface area (Å²) < 4.78 is 6.26. The summed E-state index contributed by atoms with van der Waals surface area (Å²) in [5.74, 6) is -0.0448. The summed E-state index contributed by atoms with van der Waals surface area (Å²) in [6.07, 6.45) is 0.185. The number of aromatic carboxylic acids is 1.